The number of carbonyl (C=O) groups is 1. The molecule has 0 aromatic rings. The highest BCUT2D eigenvalue weighted by molar-refractivity contribution is 5.75. The highest BCUT2D eigenvalue weighted by atomic mass is 16.1. The van der Waals surface area contributed by atoms with Crippen LogP contribution in [0, 0.1) is 17.8 Å². The number of carbonyl (C=O) groups excluding carboxylic acids is 1. The molecular formula is C15H28N2O. The van der Waals surface area contributed by atoms with E-state index in [1.165, 1.54) is 32.1 Å². The molecule has 2 unspecified atom stereocenters. The van der Waals surface area contributed by atoms with E-state index in [-0.39, 0.29) is 5.91 Å². The Labute approximate surface area is 111 Å². The minimum Gasteiger partial charge on any atom is -0.356 e. The Bertz CT molecular complexity index is 261. The summed E-state index contributed by atoms with van der Waals surface area (Å²) in [5.74, 6) is 2.45. The number of amides is 1. The normalized spacial score (nSPS) is 29.4. The first kappa shape index (κ1) is 13.9. The molecule has 1 heterocycles. The second-order valence-electron chi connectivity index (χ2n) is 6.22. The molecule has 0 bridgehead atoms. The van der Waals surface area contributed by atoms with Gasteiger partial charge in [-0.3, -0.25) is 4.79 Å². The molecule has 2 aliphatic rings. The Kier molecular flexibility index (Phi) is 5.48. The van der Waals surface area contributed by atoms with Crippen molar-refractivity contribution < 1.29 is 4.79 Å². The minimum absolute atomic E-state index is 0.264. The molecule has 0 aromatic heterocycles. The summed E-state index contributed by atoms with van der Waals surface area (Å²) in [5, 5.41) is 6.54. The van der Waals surface area contributed by atoms with Crippen molar-refractivity contribution in [3.63, 3.8) is 0 Å². The van der Waals surface area contributed by atoms with Gasteiger partial charge in [-0.15, -0.1) is 0 Å². The standard InChI is InChI=1S/C15H28N2O/c1-12-8-9-16-10-14(12)11-17-15(18)7-6-13-4-2-3-5-13/h12-14,16H,2-11H2,1H3,(H,17,18). The Balaban J connectivity index is 1.58. The van der Waals surface area contributed by atoms with E-state index < -0.39 is 0 Å². The van der Waals surface area contributed by atoms with E-state index in [4.69, 9.17) is 0 Å². The van der Waals surface area contributed by atoms with E-state index in [2.05, 4.69) is 17.6 Å². The maximum absolute atomic E-state index is 11.8. The van der Waals surface area contributed by atoms with Crippen molar-refractivity contribution >= 4 is 5.91 Å². The van der Waals surface area contributed by atoms with Gasteiger partial charge in [0.2, 0.25) is 5.91 Å². The predicted octanol–water partition coefficient (Wildman–Crippen LogP) is 2.32. The Hall–Kier alpha value is -0.570. The summed E-state index contributed by atoms with van der Waals surface area (Å²) >= 11 is 0. The fourth-order valence-corrected chi connectivity index (χ4v) is 3.30. The average Bonchev–Trinajstić information content (AvgIpc) is 2.88. The molecule has 1 saturated carbocycles. The van der Waals surface area contributed by atoms with Crippen LogP contribution in [-0.4, -0.2) is 25.5 Å². The van der Waals surface area contributed by atoms with E-state index in [9.17, 15) is 4.79 Å². The van der Waals surface area contributed by atoms with Gasteiger partial charge in [-0.1, -0.05) is 32.6 Å². The van der Waals surface area contributed by atoms with Gasteiger partial charge in [-0.2, -0.15) is 0 Å². The summed E-state index contributed by atoms with van der Waals surface area (Å²) in [5.41, 5.74) is 0. The lowest BCUT2D eigenvalue weighted by Crippen LogP contribution is -2.42. The Morgan fingerprint density at radius 3 is 2.78 bits per heavy atom. The van der Waals surface area contributed by atoms with Crippen LogP contribution in [0.25, 0.3) is 0 Å². The third-order valence-electron chi connectivity index (χ3n) is 4.80. The summed E-state index contributed by atoms with van der Waals surface area (Å²) in [6.45, 7) is 5.35. The number of rotatable bonds is 5. The molecule has 1 aliphatic carbocycles. The van der Waals surface area contributed by atoms with Crippen LogP contribution < -0.4 is 10.6 Å². The zero-order valence-electron chi connectivity index (χ0n) is 11.7. The van der Waals surface area contributed by atoms with Crippen molar-refractivity contribution in [3.8, 4) is 0 Å². The molecule has 104 valence electrons. The monoisotopic (exact) mass is 252 g/mol. The molecule has 18 heavy (non-hydrogen) atoms. The van der Waals surface area contributed by atoms with Crippen molar-refractivity contribution in [1.82, 2.24) is 10.6 Å². The van der Waals surface area contributed by atoms with Crippen molar-refractivity contribution in [2.75, 3.05) is 19.6 Å². The van der Waals surface area contributed by atoms with Crippen LogP contribution in [0.15, 0.2) is 0 Å². The van der Waals surface area contributed by atoms with E-state index in [1.54, 1.807) is 0 Å². The smallest absolute Gasteiger partial charge is 0.220 e. The van der Waals surface area contributed by atoms with Crippen LogP contribution in [-0.2, 0) is 4.79 Å². The summed E-state index contributed by atoms with van der Waals surface area (Å²) in [6.07, 6.45) is 8.51. The van der Waals surface area contributed by atoms with Gasteiger partial charge < -0.3 is 10.6 Å². The van der Waals surface area contributed by atoms with E-state index in [0.717, 1.165) is 44.3 Å². The van der Waals surface area contributed by atoms with Crippen LogP contribution in [0.3, 0.4) is 0 Å². The molecule has 1 amide bonds. The molecule has 0 aromatic carbocycles. The van der Waals surface area contributed by atoms with Crippen molar-refractivity contribution in [2.24, 2.45) is 17.8 Å². The minimum atomic E-state index is 0.264. The van der Waals surface area contributed by atoms with Crippen molar-refractivity contribution in [2.45, 2.75) is 51.9 Å². The van der Waals surface area contributed by atoms with Gasteiger partial charge >= 0.3 is 0 Å². The Morgan fingerprint density at radius 2 is 2.06 bits per heavy atom. The van der Waals surface area contributed by atoms with Gasteiger partial charge in [-0.25, -0.2) is 0 Å². The molecule has 2 rings (SSSR count). The van der Waals surface area contributed by atoms with Gasteiger partial charge in [0.15, 0.2) is 0 Å². The maximum atomic E-state index is 11.8. The van der Waals surface area contributed by atoms with Crippen LogP contribution in [0.2, 0.25) is 0 Å². The highest BCUT2D eigenvalue weighted by Gasteiger charge is 2.21. The second kappa shape index (κ2) is 7.13. The van der Waals surface area contributed by atoms with Crippen LogP contribution in [0.4, 0.5) is 0 Å². The van der Waals surface area contributed by atoms with Gasteiger partial charge in [0.05, 0.1) is 0 Å². The summed E-state index contributed by atoms with van der Waals surface area (Å²) < 4.78 is 0. The van der Waals surface area contributed by atoms with Crippen LogP contribution >= 0.6 is 0 Å². The zero-order chi connectivity index (χ0) is 12.8. The molecule has 1 saturated heterocycles. The van der Waals surface area contributed by atoms with E-state index in [0.29, 0.717) is 5.92 Å². The maximum Gasteiger partial charge on any atom is 0.220 e. The third-order valence-corrected chi connectivity index (χ3v) is 4.80. The van der Waals surface area contributed by atoms with Crippen molar-refractivity contribution in [1.29, 1.82) is 0 Å². The number of hydrogen-bond donors (Lipinski definition) is 2. The molecular weight excluding hydrogens is 224 g/mol. The number of piperidine rings is 1. The van der Waals surface area contributed by atoms with Gasteiger partial charge in [0.1, 0.15) is 0 Å². The van der Waals surface area contributed by atoms with Crippen LogP contribution in [0.5, 0.6) is 0 Å². The molecule has 2 atom stereocenters. The molecule has 1 aliphatic heterocycles. The first-order chi connectivity index (χ1) is 8.75. The molecule has 3 nitrogen and oxygen atoms in total. The first-order valence-corrected chi connectivity index (χ1v) is 7.73. The lowest BCUT2D eigenvalue weighted by atomic mass is 9.88. The van der Waals surface area contributed by atoms with Crippen molar-refractivity contribution in [3.05, 3.63) is 0 Å². The van der Waals surface area contributed by atoms with E-state index >= 15 is 0 Å². The summed E-state index contributed by atoms with van der Waals surface area (Å²) in [6, 6.07) is 0. The zero-order valence-corrected chi connectivity index (χ0v) is 11.7. The third kappa shape index (κ3) is 4.27. The average molecular weight is 252 g/mol. The number of hydrogen-bond acceptors (Lipinski definition) is 2. The SMILES string of the molecule is CC1CCNCC1CNC(=O)CCC1CCCC1. The molecule has 0 spiro atoms. The quantitative estimate of drug-likeness (QED) is 0.788. The van der Waals surface area contributed by atoms with Crippen LogP contribution in [0.1, 0.15) is 51.9 Å². The molecule has 0 radical (unpaired) electrons. The molecule has 2 fully saturated rings. The second-order valence-corrected chi connectivity index (χ2v) is 6.22. The van der Waals surface area contributed by atoms with Gasteiger partial charge in [0, 0.05) is 13.0 Å². The Morgan fingerprint density at radius 1 is 1.28 bits per heavy atom. The van der Waals surface area contributed by atoms with Gasteiger partial charge in [0.25, 0.3) is 0 Å². The van der Waals surface area contributed by atoms with E-state index in [1.807, 2.05) is 0 Å². The fraction of sp³-hybridized carbons (Fsp3) is 0.933. The lowest BCUT2D eigenvalue weighted by molar-refractivity contribution is -0.121. The van der Waals surface area contributed by atoms with Gasteiger partial charge in [-0.05, 0) is 43.7 Å². The fourth-order valence-electron chi connectivity index (χ4n) is 3.30. The summed E-state index contributed by atoms with van der Waals surface area (Å²) in [7, 11) is 0. The number of nitrogens with one attached hydrogen (secondary N) is 2. The molecule has 3 heteroatoms. The molecule has 2 N–H and O–H groups in total. The highest BCUT2D eigenvalue weighted by Crippen LogP contribution is 2.28. The largest absolute Gasteiger partial charge is 0.356 e. The first-order valence-electron chi connectivity index (χ1n) is 7.73. The topological polar surface area (TPSA) is 41.1 Å². The summed E-state index contributed by atoms with van der Waals surface area (Å²) in [4.78, 5) is 11.8. The predicted molar refractivity (Wildman–Crippen MR) is 74.3 cm³/mol. The lowest BCUT2D eigenvalue weighted by Gasteiger charge is -2.29.